The van der Waals surface area contributed by atoms with Gasteiger partial charge in [-0.05, 0) is 49.1 Å². The third-order valence-corrected chi connectivity index (χ3v) is 5.88. The summed E-state index contributed by atoms with van der Waals surface area (Å²) in [4.78, 5) is 15.0. The van der Waals surface area contributed by atoms with Gasteiger partial charge in [0.25, 0.3) is 0 Å². The lowest BCUT2D eigenvalue weighted by atomic mass is 9.73. The average Bonchev–Trinajstić information content (AvgIpc) is 2.88. The van der Waals surface area contributed by atoms with Crippen LogP contribution in [0.3, 0.4) is 0 Å². The van der Waals surface area contributed by atoms with Gasteiger partial charge < -0.3 is 5.11 Å². The molecule has 2 aromatic carbocycles. The number of carbonyl (C=O) groups excluding carboxylic acids is 1. The summed E-state index contributed by atoms with van der Waals surface area (Å²) in [6, 6.07) is 12.2. The maximum atomic E-state index is 13.7. The minimum absolute atomic E-state index is 0.0593. The van der Waals surface area contributed by atoms with Crippen LogP contribution in [0, 0.1) is 5.82 Å². The number of fused-ring (bicyclic) bond motifs is 3. The third-order valence-electron chi connectivity index (χ3n) is 4.73. The summed E-state index contributed by atoms with van der Waals surface area (Å²) in [5, 5.41) is 10.1. The zero-order valence-electron chi connectivity index (χ0n) is 11.9. The van der Waals surface area contributed by atoms with Crippen LogP contribution in [0.1, 0.15) is 35.2 Å². The maximum absolute atomic E-state index is 13.7. The molecule has 1 saturated carbocycles. The second kappa shape index (κ2) is 4.93. The van der Waals surface area contributed by atoms with Gasteiger partial charge in [-0.25, -0.2) is 4.39 Å². The minimum atomic E-state index is -0.720. The van der Waals surface area contributed by atoms with Crippen LogP contribution in [0.4, 0.5) is 4.39 Å². The molecule has 2 unspecified atom stereocenters. The summed E-state index contributed by atoms with van der Waals surface area (Å²) in [7, 11) is 0. The fourth-order valence-electron chi connectivity index (χ4n) is 3.69. The van der Waals surface area contributed by atoms with Gasteiger partial charge in [-0.15, -0.1) is 0 Å². The fraction of sp³-hybridized carbons (Fsp3) is 0.278. The monoisotopic (exact) mass is 314 g/mol. The Morgan fingerprint density at radius 3 is 2.77 bits per heavy atom. The van der Waals surface area contributed by atoms with Crippen LogP contribution in [0.2, 0.25) is 0 Å². The van der Waals surface area contributed by atoms with Gasteiger partial charge in [0, 0.05) is 15.4 Å². The van der Waals surface area contributed by atoms with Crippen molar-refractivity contribution in [1.29, 1.82) is 0 Å². The molecule has 2 aliphatic rings. The number of carbonyl (C=O) groups is 1. The van der Waals surface area contributed by atoms with E-state index >= 15 is 0 Å². The highest BCUT2D eigenvalue weighted by Gasteiger charge is 2.49. The van der Waals surface area contributed by atoms with E-state index in [9.17, 15) is 14.3 Å². The van der Waals surface area contributed by atoms with Gasteiger partial charge in [0.2, 0.25) is 0 Å². The molecule has 0 radical (unpaired) electrons. The first-order valence-corrected chi connectivity index (χ1v) is 8.22. The number of benzene rings is 2. The van der Waals surface area contributed by atoms with Crippen LogP contribution >= 0.6 is 11.8 Å². The molecule has 22 heavy (non-hydrogen) atoms. The van der Waals surface area contributed by atoms with Crippen molar-refractivity contribution in [3.05, 3.63) is 59.4 Å². The van der Waals surface area contributed by atoms with Crippen LogP contribution in [0.15, 0.2) is 52.3 Å². The van der Waals surface area contributed by atoms with Crippen molar-refractivity contribution in [2.45, 2.75) is 40.6 Å². The predicted molar refractivity (Wildman–Crippen MR) is 82.8 cm³/mol. The highest BCUT2D eigenvalue weighted by molar-refractivity contribution is 7.99. The third kappa shape index (κ3) is 1.94. The highest BCUT2D eigenvalue weighted by atomic mass is 32.2. The molecular weight excluding hydrogens is 299 g/mol. The molecule has 1 heterocycles. The Balaban J connectivity index is 1.99. The second-order valence-corrected chi connectivity index (χ2v) is 7.13. The summed E-state index contributed by atoms with van der Waals surface area (Å²) in [5.41, 5.74) is 0.690. The van der Waals surface area contributed by atoms with Crippen LogP contribution in [0.5, 0.6) is 0 Å². The van der Waals surface area contributed by atoms with Crippen LogP contribution in [-0.2, 0) is 5.41 Å². The largest absolute Gasteiger partial charge is 0.393 e. The molecule has 4 heteroatoms. The van der Waals surface area contributed by atoms with Gasteiger partial charge in [-0.3, -0.25) is 4.79 Å². The van der Waals surface area contributed by atoms with E-state index in [1.165, 1.54) is 23.9 Å². The van der Waals surface area contributed by atoms with E-state index in [0.29, 0.717) is 24.8 Å². The van der Waals surface area contributed by atoms with Crippen molar-refractivity contribution in [3.8, 4) is 0 Å². The lowest BCUT2D eigenvalue weighted by Gasteiger charge is -2.28. The topological polar surface area (TPSA) is 37.3 Å². The van der Waals surface area contributed by atoms with E-state index in [4.69, 9.17) is 0 Å². The number of hydrogen-bond acceptors (Lipinski definition) is 3. The average molecular weight is 314 g/mol. The van der Waals surface area contributed by atoms with E-state index in [0.717, 1.165) is 15.4 Å². The summed E-state index contributed by atoms with van der Waals surface area (Å²) in [6.07, 6.45) is 1.16. The van der Waals surface area contributed by atoms with Gasteiger partial charge in [0.05, 0.1) is 11.5 Å². The van der Waals surface area contributed by atoms with Gasteiger partial charge in [-0.2, -0.15) is 0 Å². The normalized spacial score (nSPS) is 26.6. The predicted octanol–water partition coefficient (Wildman–Crippen LogP) is 3.96. The number of aliphatic hydroxyl groups excluding tert-OH is 1. The molecule has 1 spiro atoms. The Morgan fingerprint density at radius 2 is 2.00 bits per heavy atom. The molecule has 0 amide bonds. The van der Waals surface area contributed by atoms with Crippen molar-refractivity contribution >= 4 is 17.5 Å². The van der Waals surface area contributed by atoms with Crippen molar-refractivity contribution < 1.29 is 14.3 Å². The fourth-order valence-corrected chi connectivity index (χ4v) is 4.84. The highest BCUT2D eigenvalue weighted by Crippen LogP contribution is 2.51. The van der Waals surface area contributed by atoms with Crippen molar-refractivity contribution in [2.24, 2.45) is 0 Å². The van der Waals surface area contributed by atoms with E-state index in [2.05, 4.69) is 0 Å². The van der Waals surface area contributed by atoms with Crippen LogP contribution in [0.25, 0.3) is 0 Å². The molecule has 1 aliphatic heterocycles. The molecule has 2 nitrogen and oxygen atoms in total. The number of rotatable bonds is 0. The van der Waals surface area contributed by atoms with Crippen molar-refractivity contribution in [3.63, 3.8) is 0 Å². The molecule has 2 aromatic rings. The Hall–Kier alpha value is -1.65. The molecule has 4 rings (SSSR count). The molecule has 0 saturated heterocycles. The Morgan fingerprint density at radius 1 is 1.18 bits per heavy atom. The zero-order chi connectivity index (χ0) is 15.3. The first-order chi connectivity index (χ1) is 10.6. The van der Waals surface area contributed by atoms with Crippen molar-refractivity contribution in [2.75, 3.05) is 0 Å². The minimum Gasteiger partial charge on any atom is -0.393 e. The first-order valence-electron chi connectivity index (χ1n) is 7.40. The van der Waals surface area contributed by atoms with E-state index in [-0.39, 0.29) is 5.78 Å². The quantitative estimate of drug-likeness (QED) is 0.800. The Bertz CT molecular complexity index is 773. The number of aliphatic hydroxyl groups is 1. The SMILES string of the molecule is O=C1c2cc(F)ccc2Sc2ccccc2C12CCC(O)C2. The smallest absolute Gasteiger partial charge is 0.174 e. The molecule has 1 aliphatic carbocycles. The molecule has 0 bridgehead atoms. The second-order valence-electron chi connectivity index (χ2n) is 6.05. The van der Waals surface area contributed by atoms with E-state index in [1.54, 1.807) is 6.07 Å². The van der Waals surface area contributed by atoms with Crippen LogP contribution < -0.4 is 0 Å². The summed E-state index contributed by atoms with van der Waals surface area (Å²) < 4.78 is 13.7. The maximum Gasteiger partial charge on any atom is 0.174 e. The molecule has 1 fully saturated rings. The van der Waals surface area contributed by atoms with E-state index in [1.807, 2.05) is 24.3 Å². The van der Waals surface area contributed by atoms with Crippen molar-refractivity contribution in [1.82, 2.24) is 0 Å². The molecule has 112 valence electrons. The molecular formula is C18H15FO2S. The number of hydrogen-bond donors (Lipinski definition) is 1. The summed E-state index contributed by atoms with van der Waals surface area (Å²) in [5.74, 6) is -0.455. The Labute approximate surface area is 132 Å². The zero-order valence-corrected chi connectivity index (χ0v) is 12.7. The summed E-state index contributed by atoms with van der Waals surface area (Å²) >= 11 is 1.51. The standard InChI is InChI=1S/C18H15FO2S/c19-11-5-6-15-13(9-11)17(21)18(8-7-12(20)10-18)14-3-1-2-4-16(14)22-15/h1-6,9,12,20H,7-8,10H2. The van der Waals surface area contributed by atoms with Crippen LogP contribution in [-0.4, -0.2) is 17.0 Å². The number of halogens is 1. The number of ketones is 1. The van der Waals surface area contributed by atoms with Gasteiger partial charge in [-0.1, -0.05) is 30.0 Å². The molecule has 2 atom stereocenters. The molecule has 0 aromatic heterocycles. The van der Waals surface area contributed by atoms with Gasteiger partial charge in [0.15, 0.2) is 5.78 Å². The lowest BCUT2D eigenvalue weighted by molar-refractivity contribution is 0.0859. The summed E-state index contributed by atoms with van der Waals surface area (Å²) in [6.45, 7) is 0. The van der Waals surface area contributed by atoms with Gasteiger partial charge in [0.1, 0.15) is 5.82 Å². The lowest BCUT2D eigenvalue weighted by Crippen LogP contribution is -2.34. The Kier molecular flexibility index (Phi) is 3.13. The number of Topliss-reactive ketones (excluding diaryl/α,β-unsaturated/α-hetero) is 1. The first kappa shape index (κ1) is 14.0. The molecule has 1 N–H and O–H groups in total. The van der Waals surface area contributed by atoms with E-state index < -0.39 is 17.3 Å². The van der Waals surface area contributed by atoms with Gasteiger partial charge >= 0.3 is 0 Å².